The summed E-state index contributed by atoms with van der Waals surface area (Å²) >= 11 is 5.88. The lowest BCUT2D eigenvalue weighted by Crippen LogP contribution is -2.19. The summed E-state index contributed by atoms with van der Waals surface area (Å²) in [7, 11) is 4.07. The summed E-state index contributed by atoms with van der Waals surface area (Å²) in [6.07, 6.45) is 0. The van der Waals surface area contributed by atoms with E-state index in [4.69, 9.17) is 16.3 Å². The van der Waals surface area contributed by atoms with E-state index in [0.717, 1.165) is 29.5 Å². The molecule has 0 atom stereocenters. The van der Waals surface area contributed by atoms with Crippen LogP contribution in [-0.2, 0) is 6.54 Å². The molecule has 0 aliphatic rings. The lowest BCUT2D eigenvalue weighted by Gasteiger charge is -2.12. The van der Waals surface area contributed by atoms with Crippen molar-refractivity contribution in [1.82, 2.24) is 4.90 Å². The molecule has 0 radical (unpaired) electrons. The second-order valence-electron chi connectivity index (χ2n) is 5.16. The molecule has 0 saturated heterocycles. The van der Waals surface area contributed by atoms with Crippen LogP contribution in [0.3, 0.4) is 0 Å². The third-order valence-electron chi connectivity index (χ3n) is 3.05. The van der Waals surface area contributed by atoms with E-state index in [-0.39, 0.29) is 0 Å². The molecule has 2 rings (SSSR count). The van der Waals surface area contributed by atoms with Crippen LogP contribution in [-0.4, -0.2) is 32.1 Å². The number of anilines is 1. The minimum atomic E-state index is 0.688. The van der Waals surface area contributed by atoms with Crippen LogP contribution >= 0.6 is 11.6 Å². The molecule has 2 aromatic rings. The number of benzene rings is 2. The summed E-state index contributed by atoms with van der Waals surface area (Å²) in [6, 6.07) is 15.9. The van der Waals surface area contributed by atoms with Crippen molar-refractivity contribution in [2.45, 2.75) is 6.54 Å². The van der Waals surface area contributed by atoms with Gasteiger partial charge in [-0.25, -0.2) is 0 Å². The lowest BCUT2D eigenvalue weighted by atomic mass is 10.2. The summed E-state index contributed by atoms with van der Waals surface area (Å²) in [5, 5.41) is 4.15. The van der Waals surface area contributed by atoms with Crippen LogP contribution in [0.2, 0.25) is 5.02 Å². The number of ether oxygens (including phenoxy) is 1. The average molecular weight is 305 g/mol. The minimum Gasteiger partial charge on any atom is -0.492 e. The number of nitrogens with one attached hydrogen (secondary N) is 1. The van der Waals surface area contributed by atoms with Gasteiger partial charge in [0.1, 0.15) is 12.4 Å². The van der Waals surface area contributed by atoms with E-state index in [0.29, 0.717) is 6.61 Å². The first-order chi connectivity index (χ1) is 10.1. The highest BCUT2D eigenvalue weighted by Crippen LogP contribution is 2.18. The van der Waals surface area contributed by atoms with Crippen molar-refractivity contribution in [3.05, 3.63) is 59.1 Å². The summed E-state index contributed by atoms with van der Waals surface area (Å²) < 4.78 is 5.73. The highest BCUT2D eigenvalue weighted by atomic mass is 35.5. The maximum absolute atomic E-state index is 5.88. The second-order valence-corrected chi connectivity index (χ2v) is 5.60. The third kappa shape index (κ3) is 5.66. The maximum atomic E-state index is 5.88. The Bertz CT molecular complexity index is 555. The molecule has 1 N–H and O–H groups in total. The average Bonchev–Trinajstić information content (AvgIpc) is 2.47. The zero-order valence-electron chi connectivity index (χ0n) is 12.5. The van der Waals surface area contributed by atoms with Gasteiger partial charge in [-0.15, -0.1) is 0 Å². The quantitative estimate of drug-likeness (QED) is 0.840. The summed E-state index contributed by atoms with van der Waals surface area (Å²) in [4.78, 5) is 2.10. The minimum absolute atomic E-state index is 0.688. The fourth-order valence-electron chi connectivity index (χ4n) is 1.85. The van der Waals surface area contributed by atoms with Crippen molar-refractivity contribution < 1.29 is 4.74 Å². The first-order valence-electron chi connectivity index (χ1n) is 6.99. The molecule has 21 heavy (non-hydrogen) atoms. The molecule has 3 nitrogen and oxygen atoms in total. The normalized spacial score (nSPS) is 10.7. The first-order valence-corrected chi connectivity index (χ1v) is 7.37. The Labute approximate surface area is 131 Å². The number of hydrogen-bond acceptors (Lipinski definition) is 3. The van der Waals surface area contributed by atoms with Crippen molar-refractivity contribution in [2.75, 3.05) is 32.6 Å². The second kappa shape index (κ2) is 7.91. The van der Waals surface area contributed by atoms with Crippen LogP contribution in [0.15, 0.2) is 48.5 Å². The molecule has 0 aliphatic carbocycles. The molecular weight excluding hydrogens is 284 g/mol. The van der Waals surface area contributed by atoms with Gasteiger partial charge in [-0.3, -0.25) is 0 Å². The Kier molecular flexibility index (Phi) is 5.90. The largest absolute Gasteiger partial charge is 0.492 e. The number of hydrogen-bond donors (Lipinski definition) is 1. The van der Waals surface area contributed by atoms with E-state index in [1.54, 1.807) is 0 Å². The Morgan fingerprint density at radius 2 is 1.86 bits per heavy atom. The van der Waals surface area contributed by atoms with Crippen LogP contribution in [0.25, 0.3) is 0 Å². The molecule has 0 heterocycles. The van der Waals surface area contributed by atoms with Gasteiger partial charge in [-0.1, -0.05) is 29.8 Å². The Hall–Kier alpha value is -1.71. The van der Waals surface area contributed by atoms with Crippen molar-refractivity contribution in [2.24, 2.45) is 0 Å². The predicted octanol–water partition coefficient (Wildman–Crippen LogP) is 3.89. The molecule has 4 heteroatoms. The highest BCUT2D eigenvalue weighted by Gasteiger charge is 1.99. The Morgan fingerprint density at radius 3 is 2.57 bits per heavy atom. The van der Waals surface area contributed by atoms with Gasteiger partial charge in [0, 0.05) is 29.9 Å². The Balaban J connectivity index is 1.87. The van der Waals surface area contributed by atoms with Gasteiger partial charge in [0.05, 0.1) is 0 Å². The van der Waals surface area contributed by atoms with Gasteiger partial charge in [-0.05, 0) is 43.9 Å². The number of nitrogens with zero attached hydrogens (tertiary/aromatic N) is 1. The zero-order chi connectivity index (χ0) is 15.1. The lowest BCUT2D eigenvalue weighted by molar-refractivity contribution is 0.261. The van der Waals surface area contributed by atoms with E-state index in [2.05, 4.69) is 10.2 Å². The monoisotopic (exact) mass is 304 g/mol. The summed E-state index contributed by atoms with van der Waals surface area (Å²) in [6.45, 7) is 2.36. The van der Waals surface area contributed by atoms with Crippen molar-refractivity contribution in [3.8, 4) is 5.75 Å². The van der Waals surface area contributed by atoms with E-state index in [1.807, 2.05) is 62.6 Å². The summed E-state index contributed by atoms with van der Waals surface area (Å²) in [5.74, 6) is 0.887. The first kappa shape index (κ1) is 15.7. The molecule has 0 aromatic heterocycles. The molecule has 0 spiro atoms. The zero-order valence-corrected chi connectivity index (χ0v) is 13.2. The van der Waals surface area contributed by atoms with Gasteiger partial charge >= 0.3 is 0 Å². The van der Waals surface area contributed by atoms with E-state index < -0.39 is 0 Å². The molecule has 0 unspecified atom stereocenters. The van der Waals surface area contributed by atoms with Crippen LogP contribution in [0.4, 0.5) is 5.69 Å². The molecule has 0 bridgehead atoms. The van der Waals surface area contributed by atoms with Crippen LogP contribution in [0.5, 0.6) is 5.75 Å². The smallest absolute Gasteiger partial charge is 0.121 e. The number of halogens is 1. The fraction of sp³-hybridized carbons (Fsp3) is 0.294. The molecule has 0 amide bonds. The SMILES string of the molecule is CN(C)CCOc1cccc(NCc2ccc(Cl)cc2)c1. The van der Waals surface area contributed by atoms with E-state index >= 15 is 0 Å². The maximum Gasteiger partial charge on any atom is 0.121 e. The van der Waals surface area contributed by atoms with Crippen molar-refractivity contribution in [3.63, 3.8) is 0 Å². The van der Waals surface area contributed by atoms with Crippen molar-refractivity contribution >= 4 is 17.3 Å². The number of likely N-dealkylation sites (N-methyl/N-ethyl adjacent to an activating group) is 1. The van der Waals surface area contributed by atoms with Crippen molar-refractivity contribution in [1.29, 1.82) is 0 Å². The number of rotatable bonds is 7. The summed E-state index contributed by atoms with van der Waals surface area (Å²) in [5.41, 5.74) is 2.24. The van der Waals surface area contributed by atoms with Crippen LogP contribution in [0.1, 0.15) is 5.56 Å². The molecule has 112 valence electrons. The Morgan fingerprint density at radius 1 is 1.10 bits per heavy atom. The highest BCUT2D eigenvalue weighted by molar-refractivity contribution is 6.30. The molecule has 0 aliphatic heterocycles. The van der Waals surface area contributed by atoms with Gasteiger partial charge in [0.25, 0.3) is 0 Å². The van der Waals surface area contributed by atoms with Crippen LogP contribution < -0.4 is 10.1 Å². The molecule has 0 saturated carbocycles. The third-order valence-corrected chi connectivity index (χ3v) is 3.30. The van der Waals surface area contributed by atoms with Gasteiger partial charge < -0.3 is 15.0 Å². The predicted molar refractivity (Wildman–Crippen MR) is 89.3 cm³/mol. The van der Waals surface area contributed by atoms with E-state index in [1.165, 1.54) is 5.56 Å². The van der Waals surface area contributed by atoms with Crippen LogP contribution in [0, 0.1) is 0 Å². The molecule has 0 fully saturated rings. The topological polar surface area (TPSA) is 24.5 Å². The van der Waals surface area contributed by atoms with E-state index in [9.17, 15) is 0 Å². The molecular formula is C17H21ClN2O. The fourth-order valence-corrected chi connectivity index (χ4v) is 1.97. The van der Waals surface area contributed by atoms with Gasteiger partial charge in [0.15, 0.2) is 0 Å². The molecule has 2 aromatic carbocycles. The standard InChI is InChI=1S/C17H21ClN2O/c1-20(2)10-11-21-17-5-3-4-16(12-17)19-13-14-6-8-15(18)9-7-14/h3-9,12,19H,10-11,13H2,1-2H3. The van der Waals surface area contributed by atoms with Gasteiger partial charge in [-0.2, -0.15) is 0 Å². The van der Waals surface area contributed by atoms with Gasteiger partial charge in [0.2, 0.25) is 0 Å².